The topological polar surface area (TPSA) is 81.9 Å². The molecule has 4 rings (SSSR count). The standard InChI is InChI=1S/C19H18FN5O2/c1-12-17(25(24-23-12)16-5-3-2-4-15(16)20)11-27-18-9-6-13(10-21-18)19(26)22-14-7-8-14/h2-6,9-10,14H,7-8,11H2,1H3,(H,22,26). The summed E-state index contributed by atoms with van der Waals surface area (Å²) in [5, 5.41) is 10.9. The first-order valence-corrected chi connectivity index (χ1v) is 8.67. The van der Waals surface area contributed by atoms with Gasteiger partial charge in [-0.3, -0.25) is 4.79 Å². The summed E-state index contributed by atoms with van der Waals surface area (Å²) < 4.78 is 21.2. The zero-order chi connectivity index (χ0) is 18.8. The van der Waals surface area contributed by atoms with E-state index in [-0.39, 0.29) is 12.5 Å². The smallest absolute Gasteiger partial charge is 0.253 e. The van der Waals surface area contributed by atoms with Crippen LogP contribution in [0.25, 0.3) is 5.69 Å². The van der Waals surface area contributed by atoms with Crippen LogP contribution in [0.3, 0.4) is 0 Å². The SMILES string of the molecule is Cc1nnn(-c2ccccc2F)c1COc1ccc(C(=O)NC2CC2)cn1. The molecule has 0 bridgehead atoms. The largest absolute Gasteiger partial charge is 0.471 e. The molecular formula is C19H18FN5O2. The summed E-state index contributed by atoms with van der Waals surface area (Å²) in [5.41, 5.74) is 2.05. The second kappa shape index (κ2) is 7.14. The highest BCUT2D eigenvalue weighted by molar-refractivity contribution is 5.94. The summed E-state index contributed by atoms with van der Waals surface area (Å²) in [4.78, 5) is 16.2. The van der Waals surface area contributed by atoms with Crippen molar-refractivity contribution in [2.75, 3.05) is 0 Å². The highest BCUT2D eigenvalue weighted by Gasteiger charge is 2.24. The molecule has 2 heterocycles. The molecule has 0 aliphatic heterocycles. The quantitative estimate of drug-likeness (QED) is 0.724. The lowest BCUT2D eigenvalue weighted by Crippen LogP contribution is -2.25. The number of pyridine rings is 1. The Labute approximate surface area is 155 Å². The van der Waals surface area contributed by atoms with Crippen molar-refractivity contribution >= 4 is 5.91 Å². The average molecular weight is 367 g/mol. The second-order valence-electron chi connectivity index (χ2n) is 6.41. The molecule has 1 aromatic carbocycles. The number of nitrogens with one attached hydrogen (secondary N) is 1. The van der Waals surface area contributed by atoms with Gasteiger partial charge in [-0.2, -0.15) is 0 Å². The molecule has 1 aliphatic carbocycles. The van der Waals surface area contributed by atoms with Crippen LogP contribution in [0.1, 0.15) is 34.6 Å². The van der Waals surface area contributed by atoms with Crippen LogP contribution in [0.4, 0.5) is 4.39 Å². The minimum Gasteiger partial charge on any atom is -0.471 e. The van der Waals surface area contributed by atoms with E-state index >= 15 is 0 Å². The number of halogens is 1. The van der Waals surface area contributed by atoms with Crippen LogP contribution in [0, 0.1) is 12.7 Å². The van der Waals surface area contributed by atoms with Crippen molar-refractivity contribution in [1.82, 2.24) is 25.3 Å². The Morgan fingerprint density at radius 3 is 2.81 bits per heavy atom. The highest BCUT2D eigenvalue weighted by Crippen LogP contribution is 2.20. The fourth-order valence-electron chi connectivity index (χ4n) is 2.60. The van der Waals surface area contributed by atoms with Gasteiger partial charge in [0.25, 0.3) is 5.91 Å². The molecule has 1 saturated carbocycles. The number of ether oxygens (including phenoxy) is 1. The molecule has 0 unspecified atom stereocenters. The van der Waals surface area contributed by atoms with Crippen molar-refractivity contribution in [1.29, 1.82) is 0 Å². The molecule has 2 aromatic heterocycles. The van der Waals surface area contributed by atoms with Crippen LogP contribution >= 0.6 is 0 Å². The number of nitrogens with zero attached hydrogens (tertiary/aromatic N) is 4. The third kappa shape index (κ3) is 3.79. The molecule has 1 N–H and O–H groups in total. The van der Waals surface area contributed by atoms with Crippen molar-refractivity contribution in [3.8, 4) is 11.6 Å². The normalized spacial score (nSPS) is 13.4. The maximum atomic E-state index is 14.1. The van der Waals surface area contributed by atoms with Crippen LogP contribution in [-0.4, -0.2) is 31.9 Å². The van der Waals surface area contributed by atoms with Crippen molar-refractivity contribution < 1.29 is 13.9 Å². The monoisotopic (exact) mass is 367 g/mol. The van der Waals surface area contributed by atoms with E-state index in [9.17, 15) is 9.18 Å². The molecule has 7 nitrogen and oxygen atoms in total. The van der Waals surface area contributed by atoms with E-state index in [2.05, 4.69) is 20.6 Å². The Morgan fingerprint density at radius 1 is 1.30 bits per heavy atom. The van der Waals surface area contributed by atoms with Crippen molar-refractivity contribution in [2.45, 2.75) is 32.4 Å². The summed E-state index contributed by atoms with van der Waals surface area (Å²) in [6.07, 6.45) is 3.54. The first-order chi connectivity index (χ1) is 13.1. The van der Waals surface area contributed by atoms with Gasteiger partial charge in [-0.25, -0.2) is 14.1 Å². The van der Waals surface area contributed by atoms with Crippen LogP contribution in [-0.2, 0) is 6.61 Å². The average Bonchev–Trinajstić information content (AvgIpc) is 3.42. The summed E-state index contributed by atoms with van der Waals surface area (Å²) in [7, 11) is 0. The number of para-hydroxylation sites is 1. The molecule has 3 aromatic rings. The Kier molecular flexibility index (Phi) is 4.53. The lowest BCUT2D eigenvalue weighted by atomic mass is 10.2. The molecule has 1 aliphatic rings. The van der Waals surface area contributed by atoms with Crippen LogP contribution in [0.15, 0.2) is 42.6 Å². The van der Waals surface area contributed by atoms with Gasteiger partial charge in [-0.05, 0) is 38.0 Å². The molecule has 138 valence electrons. The molecule has 8 heteroatoms. The van der Waals surface area contributed by atoms with Crippen LogP contribution in [0.5, 0.6) is 5.88 Å². The zero-order valence-electron chi connectivity index (χ0n) is 14.7. The van der Waals surface area contributed by atoms with Gasteiger partial charge < -0.3 is 10.1 Å². The number of rotatable bonds is 6. The predicted octanol–water partition coefficient (Wildman–Crippen LogP) is 2.58. The van der Waals surface area contributed by atoms with Gasteiger partial charge >= 0.3 is 0 Å². The number of hydrogen-bond acceptors (Lipinski definition) is 5. The minimum absolute atomic E-state index is 0.119. The molecule has 0 radical (unpaired) electrons. The number of amides is 1. The van der Waals surface area contributed by atoms with Gasteiger partial charge in [0.2, 0.25) is 5.88 Å². The van der Waals surface area contributed by atoms with Gasteiger partial charge in [0.05, 0.1) is 11.3 Å². The van der Waals surface area contributed by atoms with E-state index < -0.39 is 5.82 Å². The predicted molar refractivity (Wildman–Crippen MR) is 95.1 cm³/mol. The number of benzene rings is 1. The van der Waals surface area contributed by atoms with E-state index in [1.165, 1.54) is 16.9 Å². The minimum atomic E-state index is -0.396. The molecule has 1 amide bonds. The number of carbonyl (C=O) groups excluding carboxylic acids is 1. The Bertz CT molecular complexity index is 966. The highest BCUT2D eigenvalue weighted by atomic mass is 19.1. The molecule has 27 heavy (non-hydrogen) atoms. The first-order valence-electron chi connectivity index (χ1n) is 8.67. The maximum Gasteiger partial charge on any atom is 0.253 e. The Morgan fingerprint density at radius 2 is 2.11 bits per heavy atom. The van der Waals surface area contributed by atoms with E-state index in [0.29, 0.717) is 34.6 Å². The van der Waals surface area contributed by atoms with E-state index in [1.54, 1.807) is 37.3 Å². The third-order valence-electron chi connectivity index (χ3n) is 4.31. The number of aromatic nitrogens is 4. The number of aryl methyl sites for hydroxylation is 1. The Hall–Kier alpha value is -3.29. The fourth-order valence-corrected chi connectivity index (χ4v) is 2.60. The summed E-state index contributed by atoms with van der Waals surface area (Å²) in [6, 6.07) is 9.93. The summed E-state index contributed by atoms with van der Waals surface area (Å²) in [6.45, 7) is 1.90. The van der Waals surface area contributed by atoms with Crippen LogP contribution in [0.2, 0.25) is 0 Å². The lowest BCUT2D eigenvalue weighted by Gasteiger charge is -2.10. The summed E-state index contributed by atoms with van der Waals surface area (Å²) >= 11 is 0. The Balaban J connectivity index is 1.47. The van der Waals surface area contributed by atoms with Crippen molar-refractivity contribution in [3.63, 3.8) is 0 Å². The number of carbonyl (C=O) groups is 1. The molecule has 0 atom stereocenters. The lowest BCUT2D eigenvalue weighted by molar-refractivity contribution is 0.0950. The second-order valence-corrected chi connectivity index (χ2v) is 6.41. The number of hydrogen-bond donors (Lipinski definition) is 1. The van der Waals surface area contributed by atoms with E-state index in [0.717, 1.165) is 12.8 Å². The van der Waals surface area contributed by atoms with Crippen molar-refractivity contribution in [2.24, 2.45) is 0 Å². The van der Waals surface area contributed by atoms with Crippen LogP contribution < -0.4 is 10.1 Å². The van der Waals surface area contributed by atoms with Gasteiger partial charge in [-0.1, -0.05) is 17.3 Å². The molecule has 1 fully saturated rings. The first kappa shape index (κ1) is 17.1. The summed E-state index contributed by atoms with van der Waals surface area (Å²) in [5.74, 6) is -0.166. The fraction of sp³-hybridized carbons (Fsp3) is 0.263. The zero-order valence-corrected chi connectivity index (χ0v) is 14.7. The van der Waals surface area contributed by atoms with E-state index in [1.807, 2.05) is 0 Å². The molecule has 0 saturated heterocycles. The van der Waals surface area contributed by atoms with Crippen molar-refractivity contribution in [3.05, 3.63) is 65.4 Å². The molecule has 0 spiro atoms. The van der Waals surface area contributed by atoms with Gasteiger partial charge in [-0.15, -0.1) is 5.10 Å². The maximum absolute atomic E-state index is 14.1. The molecular weight excluding hydrogens is 349 g/mol. The van der Waals surface area contributed by atoms with E-state index in [4.69, 9.17) is 4.74 Å². The van der Waals surface area contributed by atoms with Gasteiger partial charge in [0, 0.05) is 18.3 Å². The third-order valence-corrected chi connectivity index (χ3v) is 4.31. The van der Waals surface area contributed by atoms with Gasteiger partial charge in [0.1, 0.15) is 23.8 Å². The van der Waals surface area contributed by atoms with Gasteiger partial charge in [0.15, 0.2) is 0 Å².